The van der Waals surface area contributed by atoms with Gasteiger partial charge in [-0.05, 0) is 36.8 Å². The first-order valence-electron chi connectivity index (χ1n) is 7.74. The van der Waals surface area contributed by atoms with Crippen LogP contribution in [0.5, 0.6) is 0 Å². The number of hydrogen-bond acceptors (Lipinski definition) is 5. The Morgan fingerprint density at radius 1 is 1.08 bits per heavy atom. The van der Waals surface area contributed by atoms with Crippen LogP contribution in [0.3, 0.4) is 0 Å². The third kappa shape index (κ3) is 4.60. The van der Waals surface area contributed by atoms with E-state index >= 15 is 0 Å². The highest BCUT2D eigenvalue weighted by Crippen LogP contribution is 2.21. The van der Waals surface area contributed by atoms with Gasteiger partial charge in [-0.3, -0.25) is 9.10 Å². The number of para-hydroxylation sites is 1. The number of carbonyl (C=O) groups excluding carboxylic acids is 2. The average molecular weight is 376 g/mol. The van der Waals surface area contributed by atoms with Gasteiger partial charge in [0.05, 0.1) is 24.6 Å². The molecule has 138 valence electrons. The van der Waals surface area contributed by atoms with Crippen LogP contribution in [-0.2, 0) is 19.6 Å². The molecule has 0 radical (unpaired) electrons. The number of methoxy groups -OCH3 is 1. The van der Waals surface area contributed by atoms with Gasteiger partial charge < -0.3 is 10.1 Å². The number of esters is 1. The summed E-state index contributed by atoms with van der Waals surface area (Å²) in [4.78, 5) is 24.2. The van der Waals surface area contributed by atoms with Crippen LogP contribution in [0.4, 0.5) is 11.4 Å². The predicted octanol–water partition coefficient (Wildman–Crippen LogP) is 2.19. The third-order valence-electron chi connectivity index (χ3n) is 3.74. The largest absolute Gasteiger partial charge is 0.465 e. The highest BCUT2D eigenvalue weighted by molar-refractivity contribution is 7.92. The molecule has 0 aliphatic carbocycles. The first-order valence-corrected chi connectivity index (χ1v) is 9.59. The first-order chi connectivity index (χ1) is 12.2. The normalized spacial score (nSPS) is 10.9. The van der Waals surface area contributed by atoms with Crippen molar-refractivity contribution in [2.45, 2.75) is 6.92 Å². The van der Waals surface area contributed by atoms with Crippen LogP contribution in [0.2, 0.25) is 0 Å². The van der Waals surface area contributed by atoms with E-state index in [9.17, 15) is 18.0 Å². The molecule has 0 heterocycles. The van der Waals surface area contributed by atoms with Gasteiger partial charge in [0, 0.05) is 5.69 Å². The number of benzene rings is 2. The molecule has 2 aromatic rings. The minimum atomic E-state index is -3.64. The molecule has 26 heavy (non-hydrogen) atoms. The molecule has 1 N–H and O–H groups in total. The second-order valence-electron chi connectivity index (χ2n) is 5.62. The van der Waals surface area contributed by atoms with Crippen LogP contribution in [0.25, 0.3) is 0 Å². The molecule has 1 amide bonds. The Kier molecular flexibility index (Phi) is 5.99. The van der Waals surface area contributed by atoms with Crippen molar-refractivity contribution in [2.24, 2.45) is 0 Å². The van der Waals surface area contributed by atoms with Crippen LogP contribution < -0.4 is 9.62 Å². The van der Waals surface area contributed by atoms with Crippen molar-refractivity contribution in [1.29, 1.82) is 0 Å². The second kappa shape index (κ2) is 8.01. The molecule has 0 aliphatic heterocycles. The summed E-state index contributed by atoms with van der Waals surface area (Å²) < 4.78 is 29.8. The maximum atomic E-state index is 12.4. The Bertz CT molecular complexity index is 910. The van der Waals surface area contributed by atoms with Crippen molar-refractivity contribution in [2.75, 3.05) is 29.5 Å². The van der Waals surface area contributed by atoms with Crippen LogP contribution in [0.15, 0.2) is 48.5 Å². The van der Waals surface area contributed by atoms with Gasteiger partial charge in [0.1, 0.15) is 6.54 Å². The Hall–Kier alpha value is -2.87. The van der Waals surface area contributed by atoms with Gasteiger partial charge in [0.15, 0.2) is 0 Å². The summed E-state index contributed by atoms with van der Waals surface area (Å²) in [5.74, 6) is -1.04. The van der Waals surface area contributed by atoms with Crippen LogP contribution in [0, 0.1) is 6.92 Å². The zero-order valence-corrected chi connectivity index (χ0v) is 15.5. The highest BCUT2D eigenvalue weighted by atomic mass is 32.2. The van der Waals surface area contributed by atoms with Crippen LogP contribution in [0.1, 0.15) is 15.9 Å². The number of nitrogens with one attached hydrogen (secondary N) is 1. The van der Waals surface area contributed by atoms with Gasteiger partial charge in [-0.2, -0.15) is 0 Å². The molecule has 0 spiro atoms. The second-order valence-corrected chi connectivity index (χ2v) is 7.53. The molecule has 2 aromatic carbocycles. The summed E-state index contributed by atoms with van der Waals surface area (Å²) in [6.07, 6.45) is 1.04. The fourth-order valence-corrected chi connectivity index (χ4v) is 3.27. The third-order valence-corrected chi connectivity index (χ3v) is 4.89. The van der Waals surface area contributed by atoms with E-state index in [1.807, 2.05) is 0 Å². The summed E-state index contributed by atoms with van der Waals surface area (Å²) >= 11 is 0. The fraction of sp³-hybridized carbons (Fsp3) is 0.222. The number of anilines is 2. The molecule has 8 heteroatoms. The number of nitrogens with zero attached hydrogens (tertiary/aromatic N) is 1. The van der Waals surface area contributed by atoms with Crippen LogP contribution in [-0.4, -0.2) is 40.2 Å². The van der Waals surface area contributed by atoms with E-state index in [0.29, 0.717) is 22.5 Å². The van der Waals surface area contributed by atoms with E-state index in [-0.39, 0.29) is 6.54 Å². The number of ether oxygens (including phenoxy) is 1. The Balaban J connectivity index is 2.23. The standard InChI is InChI=1S/C18H20N2O5S/c1-13-15(18(22)25-2)10-7-11-16(13)19-17(21)12-20(26(3,23)24)14-8-5-4-6-9-14/h4-11H,12H2,1-3H3,(H,19,21). The minimum absolute atomic E-state index is 0.327. The molecule has 0 aliphatic rings. The summed E-state index contributed by atoms with van der Waals surface area (Å²) in [5, 5.41) is 2.65. The molecule has 0 bridgehead atoms. The van der Waals surface area contributed by atoms with Gasteiger partial charge in [-0.1, -0.05) is 24.3 Å². The van der Waals surface area contributed by atoms with Crippen molar-refractivity contribution < 1.29 is 22.7 Å². The first kappa shape index (κ1) is 19.5. The fourth-order valence-electron chi connectivity index (χ4n) is 2.42. The van der Waals surface area contributed by atoms with Gasteiger partial charge in [0.25, 0.3) is 0 Å². The number of sulfonamides is 1. The lowest BCUT2D eigenvalue weighted by Gasteiger charge is -2.22. The Morgan fingerprint density at radius 3 is 2.31 bits per heavy atom. The topological polar surface area (TPSA) is 92.8 Å². The maximum Gasteiger partial charge on any atom is 0.338 e. The number of rotatable bonds is 6. The zero-order valence-electron chi connectivity index (χ0n) is 14.7. The van der Waals surface area contributed by atoms with Crippen molar-refractivity contribution in [3.05, 3.63) is 59.7 Å². The number of hydrogen-bond donors (Lipinski definition) is 1. The van der Waals surface area contributed by atoms with Gasteiger partial charge >= 0.3 is 5.97 Å². The van der Waals surface area contributed by atoms with Gasteiger partial charge in [-0.25, -0.2) is 13.2 Å². The van der Waals surface area contributed by atoms with Crippen molar-refractivity contribution in [1.82, 2.24) is 0 Å². The lowest BCUT2D eigenvalue weighted by atomic mass is 10.1. The molecule has 2 rings (SSSR count). The summed E-state index contributed by atoms with van der Waals surface area (Å²) in [6, 6.07) is 13.2. The van der Waals surface area contributed by atoms with Crippen molar-refractivity contribution in [3.63, 3.8) is 0 Å². The lowest BCUT2D eigenvalue weighted by Crippen LogP contribution is -2.37. The van der Waals surface area contributed by atoms with Crippen molar-refractivity contribution >= 4 is 33.3 Å². The summed E-state index contributed by atoms with van der Waals surface area (Å²) in [5.41, 5.74) is 1.68. The van der Waals surface area contributed by atoms with E-state index in [1.54, 1.807) is 55.5 Å². The maximum absolute atomic E-state index is 12.4. The van der Waals surface area contributed by atoms with E-state index in [0.717, 1.165) is 10.6 Å². The smallest absolute Gasteiger partial charge is 0.338 e. The van der Waals surface area contributed by atoms with E-state index in [1.165, 1.54) is 7.11 Å². The molecule has 7 nitrogen and oxygen atoms in total. The molecule has 0 atom stereocenters. The molecule has 0 aromatic heterocycles. The SMILES string of the molecule is COC(=O)c1cccc(NC(=O)CN(c2ccccc2)S(C)(=O)=O)c1C. The molecular formula is C18H20N2O5S. The predicted molar refractivity (Wildman–Crippen MR) is 99.8 cm³/mol. The monoisotopic (exact) mass is 376 g/mol. The Labute approximate surface area is 152 Å². The molecular weight excluding hydrogens is 356 g/mol. The van der Waals surface area contributed by atoms with E-state index in [2.05, 4.69) is 5.32 Å². The number of amides is 1. The molecule has 0 saturated carbocycles. The average Bonchev–Trinajstić information content (AvgIpc) is 2.60. The highest BCUT2D eigenvalue weighted by Gasteiger charge is 2.21. The molecule has 0 fully saturated rings. The van der Waals surface area contributed by atoms with Gasteiger partial charge in [0.2, 0.25) is 15.9 Å². The summed E-state index contributed by atoms with van der Waals surface area (Å²) in [7, 11) is -2.37. The molecule has 0 saturated heterocycles. The lowest BCUT2D eigenvalue weighted by molar-refractivity contribution is -0.114. The summed E-state index contributed by atoms with van der Waals surface area (Å²) in [6.45, 7) is 1.29. The molecule has 0 unspecified atom stereocenters. The number of carbonyl (C=O) groups is 2. The Morgan fingerprint density at radius 2 is 1.73 bits per heavy atom. The van der Waals surface area contributed by atoms with E-state index in [4.69, 9.17) is 4.74 Å². The van der Waals surface area contributed by atoms with Crippen LogP contribution >= 0.6 is 0 Å². The minimum Gasteiger partial charge on any atom is -0.465 e. The van der Waals surface area contributed by atoms with Gasteiger partial charge in [-0.15, -0.1) is 0 Å². The van der Waals surface area contributed by atoms with Crippen molar-refractivity contribution in [3.8, 4) is 0 Å². The quantitative estimate of drug-likeness (QED) is 0.780. The van der Waals surface area contributed by atoms with E-state index < -0.39 is 21.9 Å². The zero-order chi connectivity index (χ0) is 19.3.